The van der Waals surface area contributed by atoms with Gasteiger partial charge >= 0.3 is 0 Å². The van der Waals surface area contributed by atoms with Gasteiger partial charge in [0.25, 0.3) is 0 Å². The zero-order valence-electron chi connectivity index (χ0n) is 9.31. The summed E-state index contributed by atoms with van der Waals surface area (Å²) in [6.07, 6.45) is 3.77. The second kappa shape index (κ2) is 3.76. The summed E-state index contributed by atoms with van der Waals surface area (Å²) in [5.41, 5.74) is 7.19. The van der Waals surface area contributed by atoms with E-state index >= 15 is 0 Å². The van der Waals surface area contributed by atoms with Crippen LogP contribution in [0.5, 0.6) is 0 Å². The molecule has 2 aromatic rings. The van der Waals surface area contributed by atoms with Crippen molar-refractivity contribution in [3.63, 3.8) is 0 Å². The second-order valence-electron chi connectivity index (χ2n) is 4.16. The van der Waals surface area contributed by atoms with Crippen LogP contribution in [0, 0.1) is 5.82 Å². The molecule has 0 spiro atoms. The van der Waals surface area contributed by atoms with Crippen LogP contribution in [0.15, 0.2) is 30.6 Å². The summed E-state index contributed by atoms with van der Waals surface area (Å²) in [7, 11) is 0. The highest BCUT2D eigenvalue weighted by molar-refractivity contribution is 5.67. The summed E-state index contributed by atoms with van der Waals surface area (Å²) in [6, 6.07) is 4.52. The van der Waals surface area contributed by atoms with Gasteiger partial charge in [0.2, 0.25) is 0 Å². The molecule has 1 aromatic carbocycles. The van der Waals surface area contributed by atoms with Gasteiger partial charge in [0.05, 0.1) is 17.9 Å². The number of nitrogens with two attached hydrogens (primary N) is 1. The van der Waals surface area contributed by atoms with Crippen LogP contribution >= 0.6 is 0 Å². The van der Waals surface area contributed by atoms with Crippen molar-refractivity contribution < 1.29 is 4.39 Å². The fraction of sp³-hybridized carbons (Fsp3) is 0.250. The molecule has 0 saturated carbocycles. The van der Waals surface area contributed by atoms with Crippen LogP contribution in [-0.2, 0) is 13.1 Å². The van der Waals surface area contributed by atoms with Crippen LogP contribution in [0.3, 0.4) is 0 Å². The third-order valence-electron chi connectivity index (χ3n) is 3.08. The minimum absolute atomic E-state index is 0.301. The van der Waals surface area contributed by atoms with E-state index in [1.807, 2.05) is 6.20 Å². The first-order valence-electron chi connectivity index (χ1n) is 5.54. The molecule has 1 aliphatic rings. The van der Waals surface area contributed by atoms with E-state index in [4.69, 9.17) is 5.73 Å². The molecule has 0 saturated heterocycles. The van der Waals surface area contributed by atoms with Crippen LogP contribution < -0.4 is 10.6 Å². The number of aromatic nitrogens is 2. The molecule has 0 fully saturated rings. The molecule has 4 nitrogen and oxygen atoms in total. The quantitative estimate of drug-likeness (QED) is 0.760. The molecule has 0 bridgehead atoms. The van der Waals surface area contributed by atoms with Crippen LogP contribution in [0.25, 0.3) is 0 Å². The molecule has 0 unspecified atom stereocenters. The van der Waals surface area contributed by atoms with Crippen molar-refractivity contribution in [2.45, 2.75) is 13.1 Å². The molecule has 2 N–H and O–H groups in total. The Morgan fingerprint density at radius 1 is 1.29 bits per heavy atom. The Balaban J connectivity index is 1.91. The summed E-state index contributed by atoms with van der Waals surface area (Å²) in [4.78, 5) is 6.41. The maximum Gasteiger partial charge on any atom is 0.128 e. The molecule has 88 valence electrons. The van der Waals surface area contributed by atoms with E-state index < -0.39 is 0 Å². The number of hydrogen-bond donors (Lipinski definition) is 1. The van der Waals surface area contributed by atoms with Gasteiger partial charge in [-0.05, 0) is 18.2 Å². The van der Waals surface area contributed by atoms with Crippen molar-refractivity contribution in [3.8, 4) is 0 Å². The molecule has 17 heavy (non-hydrogen) atoms. The lowest BCUT2D eigenvalue weighted by Crippen LogP contribution is -2.34. The van der Waals surface area contributed by atoms with Crippen LogP contribution in [-0.4, -0.2) is 16.1 Å². The Kier molecular flexibility index (Phi) is 2.24. The van der Waals surface area contributed by atoms with Crippen molar-refractivity contribution in [1.29, 1.82) is 0 Å². The van der Waals surface area contributed by atoms with Gasteiger partial charge in [-0.3, -0.25) is 0 Å². The predicted molar refractivity (Wildman–Crippen MR) is 64.1 cm³/mol. The molecule has 0 aliphatic carbocycles. The lowest BCUT2D eigenvalue weighted by molar-refractivity contribution is 0.560. The van der Waals surface area contributed by atoms with Crippen molar-refractivity contribution in [1.82, 2.24) is 9.55 Å². The van der Waals surface area contributed by atoms with Crippen molar-refractivity contribution >= 4 is 11.4 Å². The summed E-state index contributed by atoms with van der Waals surface area (Å²) >= 11 is 0. The second-order valence-corrected chi connectivity index (χ2v) is 4.16. The molecule has 0 atom stereocenters. The molecule has 0 amide bonds. The van der Waals surface area contributed by atoms with E-state index in [2.05, 4.69) is 14.5 Å². The summed E-state index contributed by atoms with van der Waals surface area (Å²) in [5.74, 6) is 0.713. The van der Waals surface area contributed by atoms with Gasteiger partial charge in [-0.1, -0.05) is 0 Å². The van der Waals surface area contributed by atoms with E-state index in [1.165, 1.54) is 12.1 Å². The Bertz CT molecular complexity index is 549. The number of nitrogens with zero attached hydrogens (tertiary/aromatic N) is 3. The van der Waals surface area contributed by atoms with E-state index in [9.17, 15) is 4.39 Å². The number of hydrogen-bond acceptors (Lipinski definition) is 3. The van der Waals surface area contributed by atoms with Gasteiger partial charge in [-0.2, -0.15) is 0 Å². The number of imidazole rings is 1. The molecular weight excluding hydrogens is 219 g/mol. The Morgan fingerprint density at radius 2 is 2.18 bits per heavy atom. The van der Waals surface area contributed by atoms with E-state index in [0.29, 0.717) is 12.2 Å². The average molecular weight is 232 g/mol. The third-order valence-corrected chi connectivity index (χ3v) is 3.08. The summed E-state index contributed by atoms with van der Waals surface area (Å²) in [6.45, 7) is 2.45. The third kappa shape index (κ3) is 1.73. The van der Waals surface area contributed by atoms with Crippen molar-refractivity contribution in [3.05, 3.63) is 42.2 Å². The lowest BCUT2D eigenvalue weighted by Gasteiger charge is -2.30. The predicted octanol–water partition coefficient (Wildman–Crippen LogP) is 1.62. The average Bonchev–Trinajstić information content (AvgIpc) is 2.75. The minimum Gasteiger partial charge on any atom is -0.397 e. The first-order chi connectivity index (χ1) is 8.24. The van der Waals surface area contributed by atoms with Gasteiger partial charge in [0.15, 0.2) is 0 Å². The minimum atomic E-state index is -0.301. The number of anilines is 2. The van der Waals surface area contributed by atoms with Crippen molar-refractivity contribution in [2.24, 2.45) is 0 Å². The molecular formula is C12H13FN4. The molecule has 5 heteroatoms. The topological polar surface area (TPSA) is 47.1 Å². The van der Waals surface area contributed by atoms with Crippen LogP contribution in [0.2, 0.25) is 0 Å². The standard InChI is InChI=1S/C12H13FN4/c13-9-1-2-11(10(14)7-9)17-6-5-16-4-3-15-12(16)8-17/h1-4,7H,5-6,8,14H2. The number of nitrogen functional groups attached to an aromatic ring is 1. The summed E-state index contributed by atoms with van der Waals surface area (Å²) < 4.78 is 15.1. The highest BCUT2D eigenvalue weighted by atomic mass is 19.1. The first-order valence-corrected chi connectivity index (χ1v) is 5.54. The largest absolute Gasteiger partial charge is 0.397 e. The van der Waals surface area contributed by atoms with Gasteiger partial charge in [-0.15, -0.1) is 0 Å². The first kappa shape index (κ1) is 10.1. The highest BCUT2D eigenvalue weighted by Crippen LogP contribution is 2.26. The molecule has 2 heterocycles. The normalized spacial score (nSPS) is 14.8. The zero-order valence-corrected chi connectivity index (χ0v) is 9.31. The van der Waals surface area contributed by atoms with E-state index in [1.54, 1.807) is 12.3 Å². The van der Waals surface area contributed by atoms with Gasteiger partial charge < -0.3 is 15.2 Å². The smallest absolute Gasteiger partial charge is 0.128 e. The molecule has 3 rings (SSSR count). The molecule has 1 aromatic heterocycles. The lowest BCUT2D eigenvalue weighted by atomic mass is 10.2. The van der Waals surface area contributed by atoms with Crippen molar-refractivity contribution in [2.75, 3.05) is 17.2 Å². The fourth-order valence-electron chi connectivity index (χ4n) is 2.19. The van der Waals surface area contributed by atoms with Crippen LogP contribution in [0.4, 0.5) is 15.8 Å². The SMILES string of the molecule is Nc1cc(F)ccc1N1CCn2ccnc2C1. The van der Waals surface area contributed by atoms with Crippen LogP contribution in [0.1, 0.15) is 5.82 Å². The highest BCUT2D eigenvalue weighted by Gasteiger charge is 2.18. The Labute approximate surface area is 98.5 Å². The Morgan fingerprint density at radius 3 is 3.00 bits per heavy atom. The maximum absolute atomic E-state index is 13.0. The van der Waals surface area contributed by atoms with Gasteiger partial charge in [0, 0.05) is 25.5 Å². The number of rotatable bonds is 1. The zero-order chi connectivity index (χ0) is 11.8. The monoisotopic (exact) mass is 232 g/mol. The Hall–Kier alpha value is -2.04. The summed E-state index contributed by atoms with van der Waals surface area (Å²) in [5, 5.41) is 0. The fourth-order valence-corrected chi connectivity index (χ4v) is 2.19. The maximum atomic E-state index is 13.0. The number of fused-ring (bicyclic) bond motifs is 1. The van der Waals surface area contributed by atoms with Gasteiger partial charge in [-0.25, -0.2) is 9.37 Å². The molecule has 0 radical (unpaired) electrons. The van der Waals surface area contributed by atoms with E-state index in [0.717, 1.165) is 24.6 Å². The number of halogens is 1. The van der Waals surface area contributed by atoms with Gasteiger partial charge in [0.1, 0.15) is 11.6 Å². The molecule has 1 aliphatic heterocycles. The van der Waals surface area contributed by atoms with E-state index in [-0.39, 0.29) is 5.82 Å². The number of benzene rings is 1.